The number of hydrogen-bond donors (Lipinski definition) is 0. The lowest BCUT2D eigenvalue weighted by molar-refractivity contribution is -0.367. The van der Waals surface area contributed by atoms with Crippen LogP contribution >= 0.6 is 0 Å². The molecule has 0 amide bonds. The quantitative estimate of drug-likeness (QED) is 0.354. The van der Waals surface area contributed by atoms with Gasteiger partial charge in [0.1, 0.15) is 0 Å². The third-order valence-corrected chi connectivity index (χ3v) is 3.16. The van der Waals surface area contributed by atoms with E-state index in [4.69, 9.17) is 0 Å². The zero-order chi connectivity index (χ0) is 18.7. The molecule has 0 radical (unpaired) electrons. The van der Waals surface area contributed by atoms with Gasteiger partial charge < -0.3 is 4.74 Å². The van der Waals surface area contributed by atoms with Gasteiger partial charge in [0.05, 0.1) is 13.0 Å². The highest BCUT2D eigenvalue weighted by Crippen LogP contribution is 2.54. The SMILES string of the molecule is CC=C(C)C(=O)OCCC(F)(F)C(F)(F)C(F)(F)C(F)(F)CC. The standard InChI is InChI=1S/C13H16F8O2/c1-4-8(3)9(22)23-7-6-11(16,17)13(20,21)12(18,19)10(14,15)5-2/h4H,5-7H2,1-3H3. The first-order valence-electron chi connectivity index (χ1n) is 6.49. The number of carbonyl (C=O) groups excluding carboxylic acids is 1. The van der Waals surface area contributed by atoms with Crippen LogP contribution in [0.3, 0.4) is 0 Å². The zero-order valence-electron chi connectivity index (χ0n) is 12.5. The molecule has 0 fully saturated rings. The van der Waals surface area contributed by atoms with Gasteiger partial charge in [0, 0.05) is 12.0 Å². The number of rotatable bonds is 8. The van der Waals surface area contributed by atoms with Crippen molar-refractivity contribution >= 4 is 5.97 Å². The molecule has 2 nitrogen and oxygen atoms in total. The van der Waals surface area contributed by atoms with E-state index >= 15 is 0 Å². The van der Waals surface area contributed by atoms with Crippen molar-refractivity contribution < 1.29 is 44.7 Å². The van der Waals surface area contributed by atoms with Crippen molar-refractivity contribution in [2.45, 2.75) is 57.3 Å². The van der Waals surface area contributed by atoms with Crippen molar-refractivity contribution in [3.05, 3.63) is 11.6 Å². The third-order valence-electron chi connectivity index (χ3n) is 3.16. The minimum Gasteiger partial charge on any atom is -0.462 e. The summed E-state index contributed by atoms with van der Waals surface area (Å²) in [6, 6.07) is 0. The molecular weight excluding hydrogens is 340 g/mol. The number of allylic oxidation sites excluding steroid dienone is 1. The molecule has 0 aliphatic carbocycles. The summed E-state index contributed by atoms with van der Waals surface area (Å²) < 4.78 is 110. The summed E-state index contributed by atoms with van der Waals surface area (Å²) in [5, 5.41) is 0. The summed E-state index contributed by atoms with van der Waals surface area (Å²) in [6.45, 7) is 1.78. The van der Waals surface area contributed by atoms with Gasteiger partial charge in [-0.05, 0) is 13.8 Å². The van der Waals surface area contributed by atoms with Crippen LogP contribution < -0.4 is 0 Å². The van der Waals surface area contributed by atoms with Crippen LogP contribution in [-0.4, -0.2) is 36.3 Å². The van der Waals surface area contributed by atoms with Gasteiger partial charge in [0.25, 0.3) is 0 Å². The Kier molecular flexibility index (Phi) is 6.63. The van der Waals surface area contributed by atoms with Gasteiger partial charge >= 0.3 is 29.7 Å². The molecule has 0 saturated carbocycles. The fourth-order valence-corrected chi connectivity index (χ4v) is 1.34. The van der Waals surface area contributed by atoms with Gasteiger partial charge in [-0.3, -0.25) is 0 Å². The smallest absolute Gasteiger partial charge is 0.378 e. The average molecular weight is 356 g/mol. The Hall–Kier alpha value is -1.35. The van der Waals surface area contributed by atoms with Crippen molar-refractivity contribution in [3.8, 4) is 0 Å². The number of esters is 1. The van der Waals surface area contributed by atoms with Crippen molar-refractivity contribution in [1.82, 2.24) is 0 Å². The van der Waals surface area contributed by atoms with E-state index in [1.54, 1.807) is 0 Å². The number of halogens is 8. The molecule has 0 atom stereocenters. The highest BCUT2D eigenvalue weighted by atomic mass is 19.4. The second-order valence-electron chi connectivity index (χ2n) is 4.77. The third kappa shape index (κ3) is 4.14. The Labute approximate surface area is 127 Å². The number of hydrogen-bond acceptors (Lipinski definition) is 2. The number of carbonyl (C=O) groups is 1. The van der Waals surface area contributed by atoms with E-state index in [0.29, 0.717) is 6.92 Å². The predicted octanol–water partition coefficient (Wildman–Crippen LogP) is 4.84. The van der Waals surface area contributed by atoms with E-state index in [9.17, 15) is 39.9 Å². The van der Waals surface area contributed by atoms with Crippen LogP contribution in [0.15, 0.2) is 11.6 Å². The Morgan fingerprint density at radius 2 is 1.39 bits per heavy atom. The maximum atomic E-state index is 13.3. The van der Waals surface area contributed by atoms with E-state index in [1.807, 2.05) is 0 Å². The van der Waals surface area contributed by atoms with Crippen molar-refractivity contribution in [1.29, 1.82) is 0 Å². The summed E-state index contributed by atoms with van der Waals surface area (Å²) in [6.07, 6.45) is -2.54. The Morgan fingerprint density at radius 1 is 0.957 bits per heavy atom. The molecule has 0 aromatic heterocycles. The van der Waals surface area contributed by atoms with Crippen LogP contribution in [0, 0.1) is 0 Å². The maximum Gasteiger partial charge on any atom is 0.378 e. The predicted molar refractivity (Wildman–Crippen MR) is 65.1 cm³/mol. The normalized spacial score (nSPS) is 14.8. The zero-order valence-corrected chi connectivity index (χ0v) is 12.5. The van der Waals surface area contributed by atoms with Crippen LogP contribution in [0.4, 0.5) is 35.1 Å². The summed E-state index contributed by atoms with van der Waals surface area (Å²) >= 11 is 0. The molecule has 0 heterocycles. The van der Waals surface area contributed by atoms with E-state index < -0.39 is 49.1 Å². The topological polar surface area (TPSA) is 26.3 Å². The molecule has 10 heteroatoms. The maximum absolute atomic E-state index is 13.3. The molecule has 0 saturated heterocycles. The molecule has 0 N–H and O–H groups in total. The lowest BCUT2D eigenvalue weighted by atomic mass is 9.95. The lowest BCUT2D eigenvalue weighted by Gasteiger charge is -2.36. The summed E-state index contributed by atoms with van der Waals surface area (Å²) in [5.41, 5.74) is -0.0251. The van der Waals surface area contributed by atoms with Crippen LogP contribution in [0.1, 0.15) is 33.6 Å². The van der Waals surface area contributed by atoms with Gasteiger partial charge in [-0.1, -0.05) is 13.0 Å². The monoisotopic (exact) mass is 356 g/mol. The van der Waals surface area contributed by atoms with Crippen molar-refractivity contribution in [2.75, 3.05) is 6.61 Å². The van der Waals surface area contributed by atoms with E-state index in [2.05, 4.69) is 4.74 Å². The van der Waals surface area contributed by atoms with E-state index in [-0.39, 0.29) is 5.57 Å². The molecule has 0 aliphatic rings. The molecule has 0 unspecified atom stereocenters. The average Bonchev–Trinajstić information content (AvgIpc) is 2.45. The molecule has 0 bridgehead atoms. The second-order valence-corrected chi connectivity index (χ2v) is 4.77. The highest BCUT2D eigenvalue weighted by molar-refractivity contribution is 5.87. The van der Waals surface area contributed by atoms with Gasteiger partial charge in [-0.15, -0.1) is 0 Å². The molecule has 0 aliphatic heterocycles. The molecule has 0 aromatic rings. The second kappa shape index (κ2) is 7.04. The summed E-state index contributed by atoms with van der Waals surface area (Å²) in [5.74, 6) is -24.5. The van der Waals surface area contributed by atoms with Crippen LogP contribution in [0.25, 0.3) is 0 Å². The summed E-state index contributed by atoms with van der Waals surface area (Å²) in [4.78, 5) is 11.1. The Bertz CT molecular complexity index is 457. The molecule has 136 valence electrons. The fraction of sp³-hybridized carbons (Fsp3) is 0.769. The van der Waals surface area contributed by atoms with Crippen molar-refractivity contribution in [3.63, 3.8) is 0 Å². The molecule has 0 rings (SSSR count). The van der Waals surface area contributed by atoms with Gasteiger partial charge in [0.15, 0.2) is 0 Å². The molecule has 0 spiro atoms. The van der Waals surface area contributed by atoms with Gasteiger partial charge in [-0.25, -0.2) is 4.79 Å². The number of alkyl halides is 8. The van der Waals surface area contributed by atoms with Crippen LogP contribution in [0.2, 0.25) is 0 Å². The van der Waals surface area contributed by atoms with E-state index in [1.165, 1.54) is 19.9 Å². The van der Waals surface area contributed by atoms with Gasteiger partial charge in [-0.2, -0.15) is 35.1 Å². The van der Waals surface area contributed by atoms with E-state index in [0.717, 1.165) is 0 Å². The minimum absolute atomic E-state index is 0.0251. The molecule has 0 aromatic carbocycles. The molecule has 23 heavy (non-hydrogen) atoms. The van der Waals surface area contributed by atoms with Crippen LogP contribution in [0.5, 0.6) is 0 Å². The number of ether oxygens (including phenoxy) is 1. The first-order chi connectivity index (χ1) is 10.2. The van der Waals surface area contributed by atoms with Crippen molar-refractivity contribution in [2.24, 2.45) is 0 Å². The first-order valence-corrected chi connectivity index (χ1v) is 6.49. The highest BCUT2D eigenvalue weighted by Gasteiger charge is 2.79. The van der Waals surface area contributed by atoms with Crippen LogP contribution in [-0.2, 0) is 9.53 Å². The lowest BCUT2D eigenvalue weighted by Crippen LogP contribution is -2.62. The Morgan fingerprint density at radius 3 is 1.78 bits per heavy atom. The largest absolute Gasteiger partial charge is 0.462 e. The summed E-state index contributed by atoms with van der Waals surface area (Å²) in [7, 11) is 0. The first kappa shape index (κ1) is 21.6. The minimum atomic E-state index is -6.32. The molecular formula is C13H16F8O2. The fourth-order valence-electron chi connectivity index (χ4n) is 1.34. The van der Waals surface area contributed by atoms with Gasteiger partial charge in [0.2, 0.25) is 0 Å². The Balaban J connectivity index is 5.15.